The summed E-state index contributed by atoms with van der Waals surface area (Å²) in [6, 6.07) is 14.2. The summed E-state index contributed by atoms with van der Waals surface area (Å²) >= 11 is 0. The van der Waals surface area contributed by atoms with Crippen LogP contribution < -0.4 is 10.6 Å². The Morgan fingerprint density at radius 2 is 1.75 bits per heavy atom. The van der Waals surface area contributed by atoms with Gasteiger partial charge in [-0.25, -0.2) is 0 Å². The molecule has 104 valence electrons. The molecule has 2 N–H and O–H groups in total. The van der Waals surface area contributed by atoms with Gasteiger partial charge in [-0.2, -0.15) is 0 Å². The predicted molar refractivity (Wildman–Crippen MR) is 84.0 cm³/mol. The topological polar surface area (TPSA) is 41.1 Å². The highest BCUT2D eigenvalue weighted by Crippen LogP contribution is 2.17. The molecule has 0 aliphatic rings. The molecule has 0 aliphatic carbocycles. The van der Waals surface area contributed by atoms with E-state index in [0.29, 0.717) is 0 Å². The van der Waals surface area contributed by atoms with Crippen molar-refractivity contribution in [1.29, 1.82) is 0 Å². The third-order valence-corrected chi connectivity index (χ3v) is 3.14. The van der Waals surface area contributed by atoms with E-state index in [9.17, 15) is 4.79 Å². The first-order valence-corrected chi connectivity index (χ1v) is 6.72. The summed E-state index contributed by atoms with van der Waals surface area (Å²) in [5.74, 6) is -0.0499. The molecule has 0 aromatic heterocycles. The van der Waals surface area contributed by atoms with Gasteiger partial charge in [-0.3, -0.25) is 4.79 Å². The van der Waals surface area contributed by atoms with E-state index in [0.717, 1.165) is 17.9 Å². The van der Waals surface area contributed by atoms with Gasteiger partial charge in [0, 0.05) is 24.8 Å². The number of carbonyl (C=O) groups excluding carboxylic acids is 1. The van der Waals surface area contributed by atoms with Crippen LogP contribution in [0.1, 0.15) is 23.6 Å². The maximum atomic E-state index is 11.0. The Kier molecular flexibility index (Phi) is 4.41. The van der Waals surface area contributed by atoms with E-state index in [1.165, 1.54) is 23.6 Å². The Morgan fingerprint density at radius 3 is 2.35 bits per heavy atom. The first-order chi connectivity index (χ1) is 9.54. The molecule has 0 bridgehead atoms. The van der Waals surface area contributed by atoms with Gasteiger partial charge in [0.1, 0.15) is 0 Å². The van der Waals surface area contributed by atoms with Crippen LogP contribution in [0, 0.1) is 13.8 Å². The second-order valence-electron chi connectivity index (χ2n) is 5.05. The summed E-state index contributed by atoms with van der Waals surface area (Å²) in [7, 11) is 0. The van der Waals surface area contributed by atoms with Gasteiger partial charge in [0.05, 0.1) is 0 Å². The molecule has 3 nitrogen and oxygen atoms in total. The van der Waals surface area contributed by atoms with E-state index >= 15 is 0 Å². The van der Waals surface area contributed by atoms with Gasteiger partial charge in [0.25, 0.3) is 0 Å². The van der Waals surface area contributed by atoms with E-state index in [1.54, 1.807) is 0 Å². The number of nitrogens with one attached hydrogen (secondary N) is 2. The number of anilines is 2. The van der Waals surface area contributed by atoms with Gasteiger partial charge in [-0.15, -0.1) is 0 Å². The quantitative estimate of drug-likeness (QED) is 0.883. The van der Waals surface area contributed by atoms with Crippen molar-refractivity contribution in [3.8, 4) is 0 Å². The minimum absolute atomic E-state index is 0.0499. The summed E-state index contributed by atoms with van der Waals surface area (Å²) in [6.07, 6.45) is 0. The molecule has 1 amide bonds. The van der Waals surface area contributed by atoms with Crippen molar-refractivity contribution in [2.45, 2.75) is 27.3 Å². The summed E-state index contributed by atoms with van der Waals surface area (Å²) in [4.78, 5) is 11.0. The Hall–Kier alpha value is -2.29. The number of hydrogen-bond donors (Lipinski definition) is 2. The smallest absolute Gasteiger partial charge is 0.221 e. The molecule has 0 saturated carbocycles. The molecule has 0 spiro atoms. The van der Waals surface area contributed by atoms with Gasteiger partial charge in [-0.1, -0.05) is 29.8 Å². The largest absolute Gasteiger partial charge is 0.381 e. The highest BCUT2D eigenvalue weighted by atomic mass is 16.1. The fourth-order valence-electron chi connectivity index (χ4n) is 2.12. The number of rotatable bonds is 4. The summed E-state index contributed by atoms with van der Waals surface area (Å²) in [5, 5.41) is 6.19. The summed E-state index contributed by atoms with van der Waals surface area (Å²) < 4.78 is 0. The van der Waals surface area contributed by atoms with Crippen LogP contribution in [0.5, 0.6) is 0 Å². The Balaban J connectivity index is 1.98. The maximum Gasteiger partial charge on any atom is 0.221 e. The molecule has 2 aromatic carbocycles. The molecule has 0 atom stereocenters. The molecule has 0 radical (unpaired) electrons. The second-order valence-corrected chi connectivity index (χ2v) is 5.05. The molecule has 2 aromatic rings. The second kappa shape index (κ2) is 6.24. The first kappa shape index (κ1) is 14.1. The van der Waals surface area contributed by atoms with Crippen LogP contribution in [0.3, 0.4) is 0 Å². The van der Waals surface area contributed by atoms with Gasteiger partial charge < -0.3 is 10.6 Å². The normalized spacial score (nSPS) is 10.2. The van der Waals surface area contributed by atoms with Gasteiger partial charge in [0.15, 0.2) is 0 Å². The molecule has 0 heterocycles. The lowest BCUT2D eigenvalue weighted by atomic mass is 10.1. The molecule has 0 aliphatic heterocycles. The molecule has 0 unspecified atom stereocenters. The van der Waals surface area contributed by atoms with Crippen LogP contribution in [0.25, 0.3) is 0 Å². The highest BCUT2D eigenvalue weighted by molar-refractivity contribution is 5.88. The van der Waals surface area contributed by atoms with Crippen LogP contribution in [0.15, 0.2) is 42.5 Å². The van der Waals surface area contributed by atoms with Crippen LogP contribution in [-0.4, -0.2) is 5.91 Å². The predicted octanol–water partition coefficient (Wildman–Crippen LogP) is 3.87. The first-order valence-electron chi connectivity index (χ1n) is 6.72. The molecule has 0 saturated heterocycles. The highest BCUT2D eigenvalue weighted by Gasteiger charge is 1.99. The Labute approximate surface area is 120 Å². The van der Waals surface area contributed by atoms with Gasteiger partial charge in [0.2, 0.25) is 5.91 Å². The monoisotopic (exact) mass is 268 g/mol. The van der Waals surface area contributed by atoms with Crippen molar-refractivity contribution in [3.63, 3.8) is 0 Å². The maximum absolute atomic E-state index is 11.0. The molecule has 2 rings (SSSR count). The summed E-state index contributed by atoms with van der Waals surface area (Å²) in [5.41, 5.74) is 5.68. The van der Waals surface area contributed by atoms with Crippen molar-refractivity contribution in [3.05, 3.63) is 59.2 Å². The lowest BCUT2D eigenvalue weighted by Gasteiger charge is -2.11. The van der Waals surface area contributed by atoms with E-state index in [4.69, 9.17) is 0 Å². The van der Waals surface area contributed by atoms with Crippen molar-refractivity contribution in [2.24, 2.45) is 0 Å². The molecular weight excluding hydrogens is 248 g/mol. The average molecular weight is 268 g/mol. The zero-order chi connectivity index (χ0) is 14.5. The molecule has 0 fully saturated rings. The minimum Gasteiger partial charge on any atom is -0.381 e. The average Bonchev–Trinajstić information content (AvgIpc) is 2.39. The fourth-order valence-corrected chi connectivity index (χ4v) is 2.12. The van der Waals surface area contributed by atoms with Crippen LogP contribution in [-0.2, 0) is 11.3 Å². The Morgan fingerprint density at radius 1 is 1.05 bits per heavy atom. The van der Waals surface area contributed by atoms with E-state index in [1.807, 2.05) is 24.3 Å². The third kappa shape index (κ3) is 3.85. The number of carbonyl (C=O) groups is 1. The van der Waals surface area contributed by atoms with E-state index in [-0.39, 0.29) is 5.91 Å². The number of aryl methyl sites for hydroxylation is 2. The lowest BCUT2D eigenvalue weighted by molar-refractivity contribution is -0.114. The van der Waals surface area contributed by atoms with Crippen molar-refractivity contribution >= 4 is 17.3 Å². The Bertz CT molecular complexity index is 603. The number of amides is 1. The van der Waals surface area contributed by atoms with Crippen molar-refractivity contribution in [1.82, 2.24) is 0 Å². The third-order valence-electron chi connectivity index (χ3n) is 3.14. The van der Waals surface area contributed by atoms with Crippen LogP contribution in [0.2, 0.25) is 0 Å². The molecule has 3 heteroatoms. The minimum atomic E-state index is -0.0499. The molecule has 20 heavy (non-hydrogen) atoms. The zero-order valence-corrected chi connectivity index (χ0v) is 12.2. The van der Waals surface area contributed by atoms with Crippen LogP contribution in [0.4, 0.5) is 11.4 Å². The lowest BCUT2D eigenvalue weighted by Crippen LogP contribution is -2.06. The van der Waals surface area contributed by atoms with E-state index < -0.39 is 0 Å². The van der Waals surface area contributed by atoms with Gasteiger partial charge in [-0.05, 0) is 43.2 Å². The fraction of sp³-hybridized carbons (Fsp3) is 0.235. The van der Waals surface area contributed by atoms with Gasteiger partial charge >= 0.3 is 0 Å². The van der Waals surface area contributed by atoms with Crippen molar-refractivity contribution < 1.29 is 4.79 Å². The van der Waals surface area contributed by atoms with Crippen molar-refractivity contribution in [2.75, 3.05) is 10.6 Å². The number of benzene rings is 2. The SMILES string of the molecule is CC(=O)Nc1ccc(CNc2ccc(C)cc2C)cc1. The molecular formula is C17H20N2O. The number of hydrogen-bond acceptors (Lipinski definition) is 2. The zero-order valence-electron chi connectivity index (χ0n) is 12.2. The van der Waals surface area contributed by atoms with Crippen LogP contribution >= 0.6 is 0 Å². The summed E-state index contributed by atoms with van der Waals surface area (Å²) in [6.45, 7) is 6.48. The standard InChI is InChI=1S/C17H20N2O/c1-12-4-9-17(13(2)10-12)18-11-15-5-7-16(8-6-15)19-14(3)20/h4-10,18H,11H2,1-3H3,(H,19,20). The van der Waals surface area contributed by atoms with E-state index in [2.05, 4.69) is 42.7 Å².